The van der Waals surface area contributed by atoms with E-state index in [1.165, 1.54) is 77.0 Å². The first-order valence-electron chi connectivity index (χ1n) is 15.2. The average molecular weight is 480 g/mol. The van der Waals surface area contributed by atoms with Crippen LogP contribution in [-0.2, 0) is 0 Å². The Bertz CT molecular complexity index is 847. The zero-order valence-corrected chi connectivity index (χ0v) is 23.4. The Morgan fingerprint density at radius 3 is 2.40 bits per heavy atom. The van der Waals surface area contributed by atoms with Crippen LogP contribution in [0.4, 0.5) is 5.69 Å². The molecule has 0 amide bonds. The van der Waals surface area contributed by atoms with Crippen molar-refractivity contribution < 1.29 is 4.74 Å². The minimum absolute atomic E-state index is 0.346. The summed E-state index contributed by atoms with van der Waals surface area (Å²) in [5.74, 6) is 6.90. The fourth-order valence-corrected chi connectivity index (χ4v) is 10.2. The van der Waals surface area contributed by atoms with Crippen molar-refractivity contribution in [1.29, 1.82) is 0 Å². The molecule has 9 atom stereocenters. The van der Waals surface area contributed by atoms with E-state index in [9.17, 15) is 0 Å². The predicted molar refractivity (Wildman–Crippen MR) is 148 cm³/mol. The Balaban J connectivity index is 1.41. The number of hydrogen-bond acceptors (Lipinski definition) is 2. The van der Waals surface area contributed by atoms with Crippen molar-refractivity contribution in [1.82, 2.24) is 0 Å². The lowest BCUT2D eigenvalue weighted by atomic mass is 9.44. The fraction of sp³-hybridized carbons (Fsp3) is 0.818. The van der Waals surface area contributed by atoms with Crippen LogP contribution in [0.1, 0.15) is 112 Å². The highest BCUT2D eigenvalue weighted by molar-refractivity contribution is 5.41. The van der Waals surface area contributed by atoms with Crippen LogP contribution in [-0.4, -0.2) is 6.10 Å². The molecule has 0 aromatic heterocycles. The summed E-state index contributed by atoms with van der Waals surface area (Å²) in [5, 5.41) is 0. The number of nitrogens with two attached hydrogens (primary N) is 1. The number of ether oxygens (including phenoxy) is 1. The molecule has 0 radical (unpaired) electrons. The first-order valence-corrected chi connectivity index (χ1v) is 15.2. The SMILES string of the molecule is CC(C)CCC[C@@H](C)[C@H]1C(Oc2ccc(N)cc2)C[C@H]2[C@@H]3CCC4CCCC[C@]4(C)[C@H]3CC[C@]12C. The van der Waals surface area contributed by atoms with Crippen molar-refractivity contribution in [2.75, 3.05) is 5.73 Å². The molecule has 0 saturated heterocycles. The summed E-state index contributed by atoms with van der Waals surface area (Å²) < 4.78 is 6.90. The number of fused-ring (bicyclic) bond motifs is 5. The van der Waals surface area contributed by atoms with Crippen LogP contribution in [0.3, 0.4) is 0 Å². The average Bonchev–Trinajstić information content (AvgIpc) is 3.11. The summed E-state index contributed by atoms with van der Waals surface area (Å²) in [4.78, 5) is 0. The summed E-state index contributed by atoms with van der Waals surface area (Å²) >= 11 is 0. The van der Waals surface area contributed by atoms with Gasteiger partial charge < -0.3 is 10.5 Å². The van der Waals surface area contributed by atoms with Crippen LogP contribution in [0.5, 0.6) is 5.75 Å². The van der Waals surface area contributed by atoms with Gasteiger partial charge in [-0.3, -0.25) is 0 Å². The lowest BCUT2D eigenvalue weighted by Crippen LogP contribution is -2.53. The third-order valence-corrected chi connectivity index (χ3v) is 11.9. The molecule has 0 aliphatic heterocycles. The van der Waals surface area contributed by atoms with Crippen molar-refractivity contribution in [2.45, 2.75) is 118 Å². The van der Waals surface area contributed by atoms with Crippen molar-refractivity contribution in [3.63, 3.8) is 0 Å². The number of hydrogen-bond donors (Lipinski definition) is 1. The second-order valence-corrected chi connectivity index (χ2v) is 14.2. The van der Waals surface area contributed by atoms with Gasteiger partial charge in [-0.1, -0.05) is 66.7 Å². The number of rotatable bonds is 7. The maximum absolute atomic E-state index is 6.90. The highest BCUT2D eigenvalue weighted by Crippen LogP contribution is 2.68. The van der Waals surface area contributed by atoms with Crippen molar-refractivity contribution in [3.8, 4) is 5.75 Å². The Morgan fingerprint density at radius 1 is 0.886 bits per heavy atom. The van der Waals surface area contributed by atoms with Gasteiger partial charge in [-0.2, -0.15) is 0 Å². The lowest BCUT2D eigenvalue weighted by molar-refractivity contribution is -0.115. The van der Waals surface area contributed by atoms with Gasteiger partial charge in [0.15, 0.2) is 0 Å². The van der Waals surface area contributed by atoms with Crippen LogP contribution < -0.4 is 10.5 Å². The van der Waals surface area contributed by atoms with Crippen LogP contribution in [0.2, 0.25) is 0 Å². The number of benzene rings is 1. The van der Waals surface area contributed by atoms with E-state index in [2.05, 4.69) is 46.8 Å². The Hall–Kier alpha value is -1.18. The highest BCUT2D eigenvalue weighted by atomic mass is 16.5. The topological polar surface area (TPSA) is 35.2 Å². The first kappa shape index (κ1) is 25.5. The molecule has 0 heterocycles. The summed E-state index contributed by atoms with van der Waals surface area (Å²) in [6, 6.07) is 8.19. The second-order valence-electron chi connectivity index (χ2n) is 14.2. The normalized spacial score (nSPS) is 41.7. The van der Waals surface area contributed by atoms with Gasteiger partial charge in [0.05, 0.1) is 0 Å². The first-order chi connectivity index (χ1) is 16.7. The third-order valence-electron chi connectivity index (χ3n) is 11.9. The molecule has 1 aromatic rings. The zero-order chi connectivity index (χ0) is 24.8. The molecule has 2 nitrogen and oxygen atoms in total. The van der Waals surface area contributed by atoms with Crippen molar-refractivity contribution in [3.05, 3.63) is 24.3 Å². The van der Waals surface area contributed by atoms with Gasteiger partial charge in [0.2, 0.25) is 0 Å². The Labute approximate surface area is 216 Å². The molecule has 2 unspecified atom stereocenters. The maximum Gasteiger partial charge on any atom is 0.119 e. The summed E-state index contributed by atoms with van der Waals surface area (Å²) in [6.07, 6.45) is 17.5. The molecule has 4 fully saturated rings. The molecule has 5 rings (SSSR count). The van der Waals surface area contributed by atoms with Gasteiger partial charge in [0, 0.05) is 11.6 Å². The summed E-state index contributed by atoms with van der Waals surface area (Å²) in [7, 11) is 0. The lowest BCUT2D eigenvalue weighted by Gasteiger charge is -2.60. The maximum atomic E-state index is 6.90. The molecule has 196 valence electrons. The largest absolute Gasteiger partial charge is 0.490 e. The summed E-state index contributed by atoms with van der Waals surface area (Å²) in [6.45, 7) is 12.7. The molecule has 35 heavy (non-hydrogen) atoms. The van der Waals surface area contributed by atoms with Crippen LogP contribution >= 0.6 is 0 Å². The molecule has 0 bridgehead atoms. The fourth-order valence-electron chi connectivity index (χ4n) is 10.2. The van der Waals surface area contributed by atoms with Gasteiger partial charge in [0.1, 0.15) is 11.9 Å². The monoisotopic (exact) mass is 479 g/mol. The highest BCUT2D eigenvalue weighted by Gasteiger charge is 2.63. The Kier molecular flexibility index (Phi) is 7.23. The smallest absolute Gasteiger partial charge is 0.119 e. The molecule has 2 N–H and O–H groups in total. The quantitative estimate of drug-likeness (QED) is 0.396. The molecular weight excluding hydrogens is 426 g/mol. The third kappa shape index (κ3) is 4.66. The Morgan fingerprint density at radius 2 is 1.66 bits per heavy atom. The standard InChI is InChI=1S/C33H53NO/c1-22(2)9-8-10-23(3)31-30(35-26-15-13-25(34)14-16-26)21-29-27-17-12-24-11-6-7-19-32(24,4)28(27)18-20-33(29,31)5/h13-16,22-24,27-31H,6-12,17-21,34H2,1-5H3/t23-,24?,27-,28+,29+,30?,31+,32+,33+/m1/s1. The van der Waals surface area contributed by atoms with E-state index < -0.39 is 0 Å². The van der Waals surface area contributed by atoms with Gasteiger partial charge >= 0.3 is 0 Å². The molecule has 2 heteroatoms. The van der Waals surface area contributed by atoms with E-state index >= 15 is 0 Å². The zero-order valence-electron chi connectivity index (χ0n) is 23.4. The molecule has 1 aromatic carbocycles. The summed E-state index contributed by atoms with van der Waals surface area (Å²) in [5.41, 5.74) is 7.85. The predicted octanol–water partition coefficient (Wildman–Crippen LogP) is 9.14. The van der Waals surface area contributed by atoms with E-state index in [-0.39, 0.29) is 0 Å². The van der Waals surface area contributed by atoms with Crippen LogP contribution in [0.15, 0.2) is 24.3 Å². The van der Waals surface area contributed by atoms with Gasteiger partial charge in [-0.25, -0.2) is 0 Å². The van der Waals surface area contributed by atoms with Crippen molar-refractivity contribution >= 4 is 5.69 Å². The van der Waals surface area contributed by atoms with Crippen LogP contribution in [0, 0.1) is 52.3 Å². The number of nitrogen functional groups attached to an aromatic ring is 1. The molecule has 4 aliphatic carbocycles. The van der Waals surface area contributed by atoms with E-state index in [1.807, 2.05) is 12.1 Å². The second kappa shape index (κ2) is 9.94. The molecule has 4 aliphatic rings. The van der Waals surface area contributed by atoms with E-state index in [4.69, 9.17) is 10.5 Å². The van der Waals surface area contributed by atoms with Gasteiger partial charge in [-0.05, 0) is 116 Å². The van der Waals surface area contributed by atoms with E-state index in [0.29, 0.717) is 22.9 Å². The van der Waals surface area contributed by atoms with E-state index in [0.717, 1.165) is 46.9 Å². The molecular formula is C33H53NO. The molecule has 0 spiro atoms. The van der Waals surface area contributed by atoms with Gasteiger partial charge in [0.25, 0.3) is 0 Å². The van der Waals surface area contributed by atoms with E-state index in [1.54, 1.807) is 0 Å². The minimum atomic E-state index is 0.346. The van der Waals surface area contributed by atoms with Gasteiger partial charge in [-0.15, -0.1) is 0 Å². The minimum Gasteiger partial charge on any atom is -0.490 e. The molecule has 4 saturated carbocycles. The van der Waals surface area contributed by atoms with Crippen LogP contribution in [0.25, 0.3) is 0 Å². The number of anilines is 1. The van der Waals surface area contributed by atoms with Crippen molar-refractivity contribution in [2.24, 2.45) is 52.3 Å².